The highest BCUT2D eigenvalue weighted by Gasteiger charge is 2.53. The van der Waals surface area contributed by atoms with Crippen molar-refractivity contribution < 1.29 is 19.2 Å². The summed E-state index contributed by atoms with van der Waals surface area (Å²) in [5.74, 6) is -0.107. The fraction of sp³-hybridized carbons (Fsp3) is 0.529. The maximum absolute atomic E-state index is 11.4. The second-order valence-electron chi connectivity index (χ2n) is 6.88. The zero-order valence-electron chi connectivity index (χ0n) is 13.8. The standard InChI is InChI=1S/C17H20N2O5/c1-11(20)18-9-17(10-18)7-14(8-17)12-3-4-13(6-16(21)24-2)15(5-12)19(22)23/h3-5,14H,6-10H2,1-2H3. The van der Waals surface area contributed by atoms with E-state index in [-0.39, 0.29) is 29.3 Å². The average Bonchev–Trinajstić information content (AvgIpc) is 2.44. The fourth-order valence-corrected chi connectivity index (χ4v) is 3.85. The Bertz CT molecular complexity index is 701. The van der Waals surface area contributed by atoms with Crippen LogP contribution in [0, 0.1) is 15.5 Å². The Kier molecular flexibility index (Phi) is 4.03. The van der Waals surface area contributed by atoms with Gasteiger partial charge in [-0.25, -0.2) is 0 Å². The predicted molar refractivity (Wildman–Crippen MR) is 85.5 cm³/mol. The van der Waals surface area contributed by atoms with Gasteiger partial charge in [-0.1, -0.05) is 12.1 Å². The van der Waals surface area contributed by atoms with E-state index in [1.807, 2.05) is 11.0 Å². The van der Waals surface area contributed by atoms with Gasteiger partial charge in [0.25, 0.3) is 5.69 Å². The smallest absolute Gasteiger partial charge is 0.310 e. The van der Waals surface area contributed by atoms with E-state index in [0.29, 0.717) is 5.56 Å². The lowest BCUT2D eigenvalue weighted by Crippen LogP contribution is -2.62. The molecule has 1 heterocycles. The molecule has 0 N–H and O–H groups in total. The van der Waals surface area contributed by atoms with Gasteiger partial charge in [0.15, 0.2) is 0 Å². The predicted octanol–water partition coefficient (Wildman–Crippen LogP) is 2.04. The van der Waals surface area contributed by atoms with Crippen LogP contribution in [0.5, 0.6) is 0 Å². The van der Waals surface area contributed by atoms with Crippen LogP contribution in [0.2, 0.25) is 0 Å². The number of nitro benzene ring substituents is 1. The van der Waals surface area contributed by atoms with Crippen molar-refractivity contribution in [1.82, 2.24) is 4.90 Å². The number of amides is 1. The lowest BCUT2D eigenvalue weighted by molar-refractivity contribution is -0.385. The van der Waals surface area contributed by atoms with Crippen molar-refractivity contribution in [2.45, 2.75) is 32.1 Å². The molecular weight excluding hydrogens is 312 g/mol. The van der Waals surface area contributed by atoms with Crippen LogP contribution < -0.4 is 0 Å². The average molecular weight is 332 g/mol. The Labute approximate surface area is 139 Å². The molecule has 1 aromatic rings. The molecule has 1 aliphatic carbocycles. The number of nitro groups is 1. The largest absolute Gasteiger partial charge is 0.469 e. The minimum Gasteiger partial charge on any atom is -0.469 e. The van der Waals surface area contributed by atoms with Crippen LogP contribution in [-0.4, -0.2) is 41.9 Å². The molecule has 1 amide bonds. The molecule has 0 unspecified atom stereocenters. The van der Waals surface area contributed by atoms with Crippen LogP contribution in [0.1, 0.15) is 36.8 Å². The number of carbonyl (C=O) groups is 2. The normalized spacial score (nSPS) is 18.7. The first-order valence-electron chi connectivity index (χ1n) is 7.93. The molecule has 7 heteroatoms. The molecule has 128 valence electrons. The highest BCUT2D eigenvalue weighted by molar-refractivity contribution is 5.75. The lowest BCUT2D eigenvalue weighted by Gasteiger charge is -2.59. The van der Waals surface area contributed by atoms with Gasteiger partial charge in [0.1, 0.15) is 0 Å². The number of nitrogens with zero attached hydrogens (tertiary/aromatic N) is 2. The number of hydrogen-bond donors (Lipinski definition) is 0. The summed E-state index contributed by atoms with van der Waals surface area (Å²) in [6, 6.07) is 5.10. The summed E-state index contributed by atoms with van der Waals surface area (Å²) in [7, 11) is 1.26. The molecule has 24 heavy (non-hydrogen) atoms. The Morgan fingerprint density at radius 1 is 1.38 bits per heavy atom. The number of rotatable bonds is 4. The van der Waals surface area contributed by atoms with E-state index in [0.717, 1.165) is 31.5 Å². The van der Waals surface area contributed by atoms with Crippen LogP contribution in [0.3, 0.4) is 0 Å². The van der Waals surface area contributed by atoms with Crippen LogP contribution in [-0.2, 0) is 20.7 Å². The van der Waals surface area contributed by atoms with E-state index in [1.165, 1.54) is 7.11 Å². The summed E-state index contributed by atoms with van der Waals surface area (Å²) in [5.41, 5.74) is 1.48. The molecule has 2 aliphatic rings. The third kappa shape index (κ3) is 2.86. The van der Waals surface area contributed by atoms with Gasteiger partial charge in [0.05, 0.1) is 18.5 Å². The molecule has 1 aromatic carbocycles. The summed E-state index contributed by atoms with van der Waals surface area (Å²) in [6.07, 6.45) is 1.80. The van der Waals surface area contributed by atoms with Crippen molar-refractivity contribution in [2.24, 2.45) is 5.41 Å². The second kappa shape index (κ2) is 5.89. The zero-order valence-corrected chi connectivity index (χ0v) is 13.8. The van der Waals surface area contributed by atoms with Crippen LogP contribution in [0.25, 0.3) is 0 Å². The lowest BCUT2D eigenvalue weighted by atomic mass is 9.56. The zero-order chi connectivity index (χ0) is 17.5. The number of likely N-dealkylation sites (tertiary alicyclic amines) is 1. The summed E-state index contributed by atoms with van der Waals surface area (Å²) >= 11 is 0. The summed E-state index contributed by atoms with van der Waals surface area (Å²) < 4.78 is 4.58. The van der Waals surface area contributed by atoms with Gasteiger partial charge < -0.3 is 9.64 Å². The van der Waals surface area contributed by atoms with Crippen molar-refractivity contribution in [1.29, 1.82) is 0 Å². The fourth-order valence-electron chi connectivity index (χ4n) is 3.85. The van der Waals surface area contributed by atoms with Gasteiger partial charge in [-0.15, -0.1) is 0 Å². The van der Waals surface area contributed by atoms with Gasteiger partial charge in [0, 0.05) is 37.1 Å². The third-order valence-electron chi connectivity index (χ3n) is 5.20. The Hall–Kier alpha value is -2.44. The van der Waals surface area contributed by atoms with Gasteiger partial charge in [-0.05, 0) is 24.3 Å². The molecule has 2 fully saturated rings. The molecular formula is C17H20N2O5. The monoisotopic (exact) mass is 332 g/mol. The van der Waals surface area contributed by atoms with E-state index in [9.17, 15) is 19.7 Å². The van der Waals surface area contributed by atoms with Gasteiger partial charge in [-0.2, -0.15) is 0 Å². The second-order valence-corrected chi connectivity index (χ2v) is 6.88. The number of benzene rings is 1. The van der Waals surface area contributed by atoms with Crippen molar-refractivity contribution >= 4 is 17.6 Å². The number of methoxy groups -OCH3 is 1. The minimum absolute atomic E-state index is 0.0298. The molecule has 1 saturated carbocycles. The summed E-state index contributed by atoms with van der Waals surface area (Å²) in [5, 5.41) is 11.3. The summed E-state index contributed by atoms with van der Waals surface area (Å²) in [6.45, 7) is 3.16. The molecule has 1 aliphatic heterocycles. The van der Waals surface area contributed by atoms with Crippen LogP contribution in [0.15, 0.2) is 18.2 Å². The Balaban J connectivity index is 1.70. The highest BCUT2D eigenvalue weighted by Crippen LogP contribution is 2.56. The molecule has 0 aromatic heterocycles. The maximum atomic E-state index is 11.4. The van der Waals surface area contributed by atoms with Crippen molar-refractivity contribution in [2.75, 3.05) is 20.2 Å². The minimum atomic E-state index is -0.493. The topological polar surface area (TPSA) is 89.8 Å². The molecule has 0 radical (unpaired) electrons. The first-order valence-corrected chi connectivity index (χ1v) is 7.93. The quantitative estimate of drug-likeness (QED) is 0.478. The van der Waals surface area contributed by atoms with Crippen LogP contribution >= 0.6 is 0 Å². The first kappa shape index (κ1) is 16.4. The van der Waals surface area contributed by atoms with E-state index in [1.54, 1.807) is 19.1 Å². The number of carbonyl (C=O) groups excluding carboxylic acids is 2. The van der Waals surface area contributed by atoms with E-state index < -0.39 is 10.9 Å². The molecule has 0 bridgehead atoms. The van der Waals surface area contributed by atoms with Crippen molar-refractivity contribution in [3.63, 3.8) is 0 Å². The van der Waals surface area contributed by atoms with E-state index in [2.05, 4.69) is 4.74 Å². The maximum Gasteiger partial charge on any atom is 0.310 e. The van der Waals surface area contributed by atoms with Gasteiger partial charge in [-0.3, -0.25) is 19.7 Å². The highest BCUT2D eigenvalue weighted by atomic mass is 16.6. The number of ether oxygens (including phenoxy) is 1. The van der Waals surface area contributed by atoms with E-state index in [4.69, 9.17) is 0 Å². The first-order chi connectivity index (χ1) is 11.3. The van der Waals surface area contributed by atoms with Crippen molar-refractivity contribution in [3.05, 3.63) is 39.4 Å². The Morgan fingerprint density at radius 2 is 2.04 bits per heavy atom. The molecule has 1 saturated heterocycles. The third-order valence-corrected chi connectivity index (χ3v) is 5.20. The molecule has 3 rings (SSSR count). The van der Waals surface area contributed by atoms with Gasteiger partial charge >= 0.3 is 5.97 Å². The van der Waals surface area contributed by atoms with Gasteiger partial charge in [0.2, 0.25) is 5.91 Å². The SMILES string of the molecule is COC(=O)Cc1ccc(C2CC3(C2)CN(C(C)=O)C3)cc1[N+](=O)[O-]. The molecule has 7 nitrogen and oxygen atoms in total. The Morgan fingerprint density at radius 3 is 2.58 bits per heavy atom. The number of hydrogen-bond acceptors (Lipinski definition) is 5. The molecule has 1 spiro atoms. The van der Waals surface area contributed by atoms with Crippen molar-refractivity contribution in [3.8, 4) is 0 Å². The molecule has 0 atom stereocenters. The van der Waals surface area contributed by atoms with E-state index >= 15 is 0 Å². The van der Waals surface area contributed by atoms with Crippen LogP contribution in [0.4, 0.5) is 5.69 Å². The number of esters is 1. The summed E-state index contributed by atoms with van der Waals surface area (Å²) in [4.78, 5) is 35.3.